The SMILES string of the molecule is COc1cc([C@@H](C[C@H](C)N(C)C=O)c2ccccc2)ccc1O. The van der Waals surface area contributed by atoms with Gasteiger partial charge in [-0.15, -0.1) is 0 Å². The van der Waals surface area contributed by atoms with Crippen molar-refractivity contribution in [2.45, 2.75) is 25.3 Å². The lowest BCUT2D eigenvalue weighted by Crippen LogP contribution is -2.29. The van der Waals surface area contributed by atoms with Gasteiger partial charge >= 0.3 is 0 Å². The first-order valence-electron chi connectivity index (χ1n) is 7.66. The molecule has 2 atom stereocenters. The monoisotopic (exact) mass is 313 g/mol. The molecule has 0 saturated heterocycles. The van der Waals surface area contributed by atoms with Gasteiger partial charge in [0.15, 0.2) is 11.5 Å². The van der Waals surface area contributed by atoms with Crippen LogP contribution >= 0.6 is 0 Å². The van der Waals surface area contributed by atoms with Gasteiger partial charge < -0.3 is 14.7 Å². The van der Waals surface area contributed by atoms with Crippen LogP contribution < -0.4 is 4.74 Å². The average molecular weight is 313 g/mol. The first kappa shape index (κ1) is 16.9. The third-order valence-corrected chi connectivity index (χ3v) is 4.25. The molecule has 0 bridgehead atoms. The molecule has 0 aliphatic rings. The summed E-state index contributed by atoms with van der Waals surface area (Å²) in [6, 6.07) is 15.7. The second-order valence-corrected chi connectivity index (χ2v) is 5.75. The van der Waals surface area contributed by atoms with Crippen LogP contribution in [0.25, 0.3) is 0 Å². The highest BCUT2D eigenvalue weighted by molar-refractivity contribution is 5.48. The number of hydrogen-bond donors (Lipinski definition) is 1. The second-order valence-electron chi connectivity index (χ2n) is 5.75. The normalized spacial score (nSPS) is 13.2. The molecule has 4 heteroatoms. The zero-order chi connectivity index (χ0) is 16.8. The van der Waals surface area contributed by atoms with E-state index in [0.717, 1.165) is 18.4 Å². The van der Waals surface area contributed by atoms with Crippen LogP contribution in [-0.4, -0.2) is 36.6 Å². The number of carbonyl (C=O) groups is 1. The number of nitrogens with zero attached hydrogens (tertiary/aromatic N) is 1. The number of hydrogen-bond acceptors (Lipinski definition) is 3. The molecule has 4 nitrogen and oxygen atoms in total. The molecule has 2 aromatic carbocycles. The molecule has 0 aromatic heterocycles. The largest absolute Gasteiger partial charge is 0.504 e. The molecule has 122 valence electrons. The molecule has 0 saturated carbocycles. The van der Waals surface area contributed by atoms with E-state index in [0.29, 0.717) is 5.75 Å². The number of methoxy groups -OCH3 is 1. The van der Waals surface area contributed by atoms with Crippen LogP contribution in [0.2, 0.25) is 0 Å². The predicted molar refractivity (Wildman–Crippen MR) is 90.8 cm³/mol. The first-order valence-corrected chi connectivity index (χ1v) is 7.66. The quantitative estimate of drug-likeness (QED) is 0.797. The first-order chi connectivity index (χ1) is 11.1. The molecule has 2 rings (SSSR count). The number of phenols is 1. The second kappa shape index (κ2) is 7.68. The zero-order valence-corrected chi connectivity index (χ0v) is 13.8. The fraction of sp³-hybridized carbons (Fsp3) is 0.316. The molecule has 1 N–H and O–H groups in total. The lowest BCUT2D eigenvalue weighted by Gasteiger charge is -2.27. The molecule has 0 unspecified atom stereocenters. The van der Waals surface area contributed by atoms with Crippen molar-refractivity contribution in [1.82, 2.24) is 4.90 Å². The van der Waals surface area contributed by atoms with E-state index in [1.54, 1.807) is 25.1 Å². The van der Waals surface area contributed by atoms with Crippen LogP contribution in [0.5, 0.6) is 11.5 Å². The summed E-state index contributed by atoms with van der Waals surface area (Å²) in [6.45, 7) is 2.03. The Labute approximate surface area is 137 Å². The number of ether oxygens (including phenoxy) is 1. The summed E-state index contributed by atoms with van der Waals surface area (Å²) in [5.41, 5.74) is 2.23. The van der Waals surface area contributed by atoms with Gasteiger partial charge in [-0.25, -0.2) is 0 Å². The smallest absolute Gasteiger partial charge is 0.209 e. The highest BCUT2D eigenvalue weighted by Crippen LogP contribution is 2.35. The van der Waals surface area contributed by atoms with E-state index < -0.39 is 0 Å². The van der Waals surface area contributed by atoms with E-state index in [1.165, 1.54) is 5.56 Å². The third kappa shape index (κ3) is 4.03. The standard InChI is InChI=1S/C19H23NO3/c1-14(20(2)13-21)11-17(15-7-5-4-6-8-15)16-9-10-18(22)19(12-16)23-3/h4-10,12-14,17,22H,11H2,1-3H3/t14-,17-/m0/s1. The molecule has 0 fully saturated rings. The van der Waals surface area contributed by atoms with Gasteiger partial charge in [-0.3, -0.25) is 4.79 Å². The highest BCUT2D eigenvalue weighted by atomic mass is 16.5. The van der Waals surface area contributed by atoms with E-state index in [4.69, 9.17) is 4.74 Å². The Balaban J connectivity index is 2.39. The topological polar surface area (TPSA) is 49.8 Å². The summed E-state index contributed by atoms with van der Waals surface area (Å²) in [4.78, 5) is 12.7. The lowest BCUT2D eigenvalue weighted by molar-refractivity contribution is -0.118. The van der Waals surface area contributed by atoms with Crippen molar-refractivity contribution in [2.75, 3.05) is 14.2 Å². The Kier molecular flexibility index (Phi) is 5.63. The van der Waals surface area contributed by atoms with Crippen molar-refractivity contribution in [3.63, 3.8) is 0 Å². The van der Waals surface area contributed by atoms with Crippen LogP contribution in [-0.2, 0) is 4.79 Å². The van der Waals surface area contributed by atoms with E-state index in [2.05, 4.69) is 12.1 Å². The number of benzene rings is 2. The molecule has 0 aliphatic carbocycles. The minimum Gasteiger partial charge on any atom is -0.504 e. The van der Waals surface area contributed by atoms with Gasteiger partial charge in [0, 0.05) is 19.0 Å². The third-order valence-electron chi connectivity index (χ3n) is 4.25. The van der Waals surface area contributed by atoms with Gasteiger partial charge in [0.2, 0.25) is 6.41 Å². The summed E-state index contributed by atoms with van der Waals surface area (Å²) >= 11 is 0. The van der Waals surface area contributed by atoms with Gasteiger partial charge in [0.25, 0.3) is 0 Å². The van der Waals surface area contributed by atoms with Crippen molar-refractivity contribution in [1.29, 1.82) is 0 Å². The summed E-state index contributed by atoms with van der Waals surface area (Å²) < 4.78 is 5.23. The summed E-state index contributed by atoms with van der Waals surface area (Å²) in [6.07, 6.45) is 1.64. The number of aromatic hydroxyl groups is 1. The van der Waals surface area contributed by atoms with Gasteiger partial charge in [0.1, 0.15) is 0 Å². The zero-order valence-electron chi connectivity index (χ0n) is 13.8. The van der Waals surface area contributed by atoms with Crippen LogP contribution in [0.1, 0.15) is 30.4 Å². The van der Waals surface area contributed by atoms with E-state index in [1.807, 2.05) is 37.3 Å². The molecule has 2 aromatic rings. The van der Waals surface area contributed by atoms with Crippen molar-refractivity contribution in [3.05, 3.63) is 59.7 Å². The van der Waals surface area contributed by atoms with Crippen LogP contribution in [0.3, 0.4) is 0 Å². The van der Waals surface area contributed by atoms with Crippen molar-refractivity contribution >= 4 is 6.41 Å². The number of phenolic OH excluding ortho intramolecular Hbond substituents is 1. The Hall–Kier alpha value is -2.49. The number of amides is 1. The minimum atomic E-state index is 0.0949. The van der Waals surface area contributed by atoms with Gasteiger partial charge in [-0.2, -0.15) is 0 Å². The average Bonchev–Trinajstić information content (AvgIpc) is 2.60. The van der Waals surface area contributed by atoms with E-state index >= 15 is 0 Å². The molecule has 0 radical (unpaired) electrons. The predicted octanol–water partition coefficient (Wildman–Crippen LogP) is 3.40. The maximum absolute atomic E-state index is 11.0. The summed E-state index contributed by atoms with van der Waals surface area (Å²) in [5.74, 6) is 0.698. The van der Waals surface area contributed by atoms with Crippen LogP contribution in [0, 0.1) is 0 Å². The minimum absolute atomic E-state index is 0.0949. The summed E-state index contributed by atoms with van der Waals surface area (Å²) in [5, 5.41) is 9.82. The maximum atomic E-state index is 11.0. The van der Waals surface area contributed by atoms with E-state index in [9.17, 15) is 9.90 Å². The molecule has 23 heavy (non-hydrogen) atoms. The van der Waals surface area contributed by atoms with Gasteiger partial charge in [0.05, 0.1) is 7.11 Å². The highest BCUT2D eigenvalue weighted by Gasteiger charge is 2.20. The molecule has 0 heterocycles. The lowest BCUT2D eigenvalue weighted by atomic mass is 9.86. The van der Waals surface area contributed by atoms with E-state index in [-0.39, 0.29) is 17.7 Å². The van der Waals surface area contributed by atoms with Crippen molar-refractivity contribution in [3.8, 4) is 11.5 Å². The van der Waals surface area contributed by atoms with Crippen LogP contribution in [0.4, 0.5) is 0 Å². The molecular formula is C19H23NO3. The van der Waals surface area contributed by atoms with Crippen LogP contribution in [0.15, 0.2) is 48.5 Å². The number of carbonyl (C=O) groups excluding carboxylic acids is 1. The Morgan fingerprint density at radius 3 is 2.48 bits per heavy atom. The Morgan fingerprint density at radius 2 is 1.87 bits per heavy atom. The maximum Gasteiger partial charge on any atom is 0.209 e. The molecule has 0 aliphatic heterocycles. The molecular weight excluding hydrogens is 290 g/mol. The fourth-order valence-electron chi connectivity index (χ4n) is 2.67. The molecule has 1 amide bonds. The van der Waals surface area contributed by atoms with Crippen molar-refractivity contribution in [2.24, 2.45) is 0 Å². The molecule has 0 spiro atoms. The Bertz CT molecular complexity index is 642. The van der Waals surface area contributed by atoms with Crippen molar-refractivity contribution < 1.29 is 14.6 Å². The van der Waals surface area contributed by atoms with Gasteiger partial charge in [-0.1, -0.05) is 36.4 Å². The van der Waals surface area contributed by atoms with Gasteiger partial charge in [-0.05, 0) is 36.6 Å². The number of rotatable bonds is 7. The fourth-order valence-corrected chi connectivity index (χ4v) is 2.67. The Morgan fingerprint density at radius 1 is 1.17 bits per heavy atom. The summed E-state index contributed by atoms with van der Waals surface area (Å²) in [7, 11) is 3.33.